The first-order valence-electron chi connectivity index (χ1n) is 6.78. The monoisotopic (exact) mass is 246 g/mol. The van der Waals surface area contributed by atoms with Crippen molar-refractivity contribution in [2.24, 2.45) is 5.92 Å². The molecule has 0 radical (unpaired) electrons. The molecule has 0 aliphatic heterocycles. The highest BCUT2D eigenvalue weighted by atomic mass is 32.2. The maximum atomic E-state index is 12.1. The van der Waals surface area contributed by atoms with E-state index >= 15 is 0 Å². The lowest BCUT2D eigenvalue weighted by atomic mass is 9.91. The highest BCUT2D eigenvalue weighted by Crippen LogP contribution is 2.26. The summed E-state index contributed by atoms with van der Waals surface area (Å²) in [6, 6.07) is 0. The molecule has 1 rings (SSSR count). The van der Waals surface area contributed by atoms with Crippen LogP contribution >= 0.6 is 0 Å². The molecule has 0 spiro atoms. The topological polar surface area (TPSA) is 34.1 Å². The molecule has 1 saturated carbocycles. The average Bonchev–Trinajstić information content (AvgIpc) is 2.26. The Hall–Kier alpha value is -0.0500. The van der Waals surface area contributed by atoms with Crippen molar-refractivity contribution in [2.75, 3.05) is 5.75 Å². The molecule has 0 saturated heterocycles. The summed E-state index contributed by atoms with van der Waals surface area (Å²) in [6.45, 7) is 3.99. The van der Waals surface area contributed by atoms with Crippen LogP contribution in [0, 0.1) is 5.92 Å². The SMILES string of the molecule is CCCCC(C)S(=O)(=O)CC1CCCCC1. The zero-order chi connectivity index (χ0) is 12.0. The van der Waals surface area contributed by atoms with Crippen LogP contribution in [0.5, 0.6) is 0 Å². The van der Waals surface area contributed by atoms with E-state index in [1.807, 2.05) is 6.92 Å². The van der Waals surface area contributed by atoms with Crippen LogP contribution in [0.1, 0.15) is 65.2 Å². The highest BCUT2D eigenvalue weighted by Gasteiger charge is 2.25. The Bertz CT molecular complexity index is 276. The minimum absolute atomic E-state index is 0.130. The largest absolute Gasteiger partial charge is 0.229 e. The summed E-state index contributed by atoms with van der Waals surface area (Å²) < 4.78 is 24.2. The molecular weight excluding hydrogens is 220 g/mol. The number of sulfone groups is 1. The van der Waals surface area contributed by atoms with E-state index in [2.05, 4.69) is 6.92 Å². The fraction of sp³-hybridized carbons (Fsp3) is 1.00. The third-order valence-corrected chi connectivity index (χ3v) is 6.17. The van der Waals surface area contributed by atoms with Crippen molar-refractivity contribution in [2.45, 2.75) is 70.5 Å². The van der Waals surface area contributed by atoms with Gasteiger partial charge in [0.1, 0.15) is 0 Å². The molecule has 96 valence electrons. The van der Waals surface area contributed by atoms with Crippen molar-refractivity contribution in [1.29, 1.82) is 0 Å². The minimum Gasteiger partial charge on any atom is -0.229 e. The van der Waals surface area contributed by atoms with Crippen LogP contribution < -0.4 is 0 Å². The van der Waals surface area contributed by atoms with E-state index in [9.17, 15) is 8.42 Å². The van der Waals surface area contributed by atoms with Gasteiger partial charge in [-0.2, -0.15) is 0 Å². The van der Waals surface area contributed by atoms with Crippen LogP contribution in [0.2, 0.25) is 0 Å². The van der Waals surface area contributed by atoms with E-state index in [1.165, 1.54) is 19.3 Å². The van der Waals surface area contributed by atoms with Crippen molar-refractivity contribution in [1.82, 2.24) is 0 Å². The molecule has 1 fully saturated rings. The molecule has 1 aliphatic rings. The van der Waals surface area contributed by atoms with E-state index in [1.54, 1.807) is 0 Å². The van der Waals surface area contributed by atoms with Crippen LogP contribution in [0.25, 0.3) is 0 Å². The van der Waals surface area contributed by atoms with Gasteiger partial charge < -0.3 is 0 Å². The Balaban J connectivity index is 2.42. The summed E-state index contributed by atoms with van der Waals surface area (Å²) >= 11 is 0. The molecule has 0 bridgehead atoms. The second-order valence-corrected chi connectivity index (χ2v) is 7.75. The molecule has 16 heavy (non-hydrogen) atoms. The first-order chi connectivity index (χ1) is 7.56. The Morgan fingerprint density at radius 2 is 1.81 bits per heavy atom. The van der Waals surface area contributed by atoms with E-state index < -0.39 is 9.84 Å². The zero-order valence-electron chi connectivity index (χ0n) is 10.7. The van der Waals surface area contributed by atoms with Gasteiger partial charge in [-0.25, -0.2) is 8.42 Å². The molecular formula is C13H26O2S. The number of unbranched alkanes of at least 4 members (excludes halogenated alkanes) is 1. The molecule has 0 aromatic heterocycles. The number of hydrogen-bond donors (Lipinski definition) is 0. The molecule has 1 atom stereocenters. The zero-order valence-corrected chi connectivity index (χ0v) is 11.6. The van der Waals surface area contributed by atoms with Crippen LogP contribution in [-0.2, 0) is 9.84 Å². The second-order valence-electron chi connectivity index (χ2n) is 5.29. The van der Waals surface area contributed by atoms with Gasteiger partial charge in [0.2, 0.25) is 0 Å². The van der Waals surface area contributed by atoms with Crippen molar-refractivity contribution in [3.8, 4) is 0 Å². The van der Waals surface area contributed by atoms with Crippen molar-refractivity contribution in [3.63, 3.8) is 0 Å². The lowest BCUT2D eigenvalue weighted by Crippen LogP contribution is -2.26. The lowest BCUT2D eigenvalue weighted by molar-refractivity contribution is 0.384. The van der Waals surface area contributed by atoms with Gasteiger partial charge in [-0.05, 0) is 32.1 Å². The second kappa shape index (κ2) is 6.63. The highest BCUT2D eigenvalue weighted by molar-refractivity contribution is 7.92. The Labute approximate surface area is 101 Å². The molecule has 3 heteroatoms. The van der Waals surface area contributed by atoms with Gasteiger partial charge >= 0.3 is 0 Å². The van der Waals surface area contributed by atoms with Crippen LogP contribution in [0.15, 0.2) is 0 Å². The molecule has 0 heterocycles. The fourth-order valence-electron chi connectivity index (χ4n) is 2.52. The van der Waals surface area contributed by atoms with Crippen molar-refractivity contribution in [3.05, 3.63) is 0 Å². The summed E-state index contributed by atoms with van der Waals surface area (Å²) in [4.78, 5) is 0. The maximum Gasteiger partial charge on any atom is 0.153 e. The van der Waals surface area contributed by atoms with Crippen molar-refractivity contribution < 1.29 is 8.42 Å². The summed E-state index contributed by atoms with van der Waals surface area (Å²) in [5, 5.41) is -0.130. The molecule has 0 amide bonds. The third-order valence-electron chi connectivity index (χ3n) is 3.77. The first-order valence-corrected chi connectivity index (χ1v) is 8.49. The average molecular weight is 246 g/mol. The number of rotatable bonds is 6. The van der Waals surface area contributed by atoms with E-state index in [-0.39, 0.29) is 5.25 Å². The predicted molar refractivity (Wildman–Crippen MR) is 69.3 cm³/mol. The van der Waals surface area contributed by atoms with Crippen molar-refractivity contribution >= 4 is 9.84 Å². The number of hydrogen-bond acceptors (Lipinski definition) is 2. The Morgan fingerprint density at radius 3 is 2.38 bits per heavy atom. The van der Waals surface area contributed by atoms with Gasteiger partial charge in [0.15, 0.2) is 9.84 Å². The summed E-state index contributed by atoms with van der Waals surface area (Å²) in [5.74, 6) is 0.889. The minimum atomic E-state index is -2.83. The summed E-state index contributed by atoms with van der Waals surface area (Å²) in [7, 11) is -2.83. The lowest BCUT2D eigenvalue weighted by Gasteiger charge is -2.23. The molecule has 0 aromatic carbocycles. The Kier molecular flexibility index (Phi) is 5.81. The standard InChI is InChI=1S/C13H26O2S/c1-3-4-8-12(2)16(14,15)11-13-9-6-5-7-10-13/h12-13H,3-11H2,1-2H3. The summed E-state index contributed by atoms with van der Waals surface area (Å²) in [5.41, 5.74) is 0. The first kappa shape index (κ1) is 14.0. The summed E-state index contributed by atoms with van der Waals surface area (Å²) in [6.07, 6.45) is 8.95. The normalized spacial score (nSPS) is 20.9. The van der Waals surface area contributed by atoms with Crippen LogP contribution in [-0.4, -0.2) is 19.4 Å². The van der Waals surface area contributed by atoms with Crippen LogP contribution in [0.3, 0.4) is 0 Å². The smallest absolute Gasteiger partial charge is 0.153 e. The van der Waals surface area contributed by atoms with E-state index in [4.69, 9.17) is 0 Å². The molecule has 0 N–H and O–H groups in total. The van der Waals surface area contributed by atoms with Gasteiger partial charge in [-0.1, -0.05) is 39.0 Å². The molecule has 1 aliphatic carbocycles. The van der Waals surface area contributed by atoms with Gasteiger partial charge in [-0.3, -0.25) is 0 Å². The molecule has 1 unspecified atom stereocenters. The maximum absolute atomic E-state index is 12.1. The van der Waals surface area contributed by atoms with Crippen LogP contribution in [0.4, 0.5) is 0 Å². The van der Waals surface area contributed by atoms with Gasteiger partial charge in [-0.15, -0.1) is 0 Å². The fourth-order valence-corrected chi connectivity index (χ4v) is 4.36. The van der Waals surface area contributed by atoms with Gasteiger partial charge in [0.25, 0.3) is 0 Å². The molecule has 0 aromatic rings. The van der Waals surface area contributed by atoms with E-state index in [0.29, 0.717) is 11.7 Å². The third kappa shape index (κ3) is 4.44. The quantitative estimate of drug-likeness (QED) is 0.718. The predicted octanol–water partition coefficient (Wildman–Crippen LogP) is 3.56. The Morgan fingerprint density at radius 1 is 1.19 bits per heavy atom. The van der Waals surface area contributed by atoms with Gasteiger partial charge in [0, 0.05) is 0 Å². The van der Waals surface area contributed by atoms with E-state index in [0.717, 1.165) is 32.1 Å². The van der Waals surface area contributed by atoms with Gasteiger partial charge in [0.05, 0.1) is 11.0 Å². The molecule has 2 nitrogen and oxygen atoms in total.